The van der Waals surface area contributed by atoms with Gasteiger partial charge in [-0.3, -0.25) is 19.7 Å². The molecule has 0 aromatic rings. The van der Waals surface area contributed by atoms with Gasteiger partial charge in [0.15, 0.2) is 0 Å². The molecule has 3 aliphatic heterocycles. The van der Waals surface area contributed by atoms with Gasteiger partial charge >= 0.3 is 0 Å². The van der Waals surface area contributed by atoms with Crippen molar-refractivity contribution in [2.75, 3.05) is 39.0 Å². The Morgan fingerprint density at radius 3 is 2.67 bits per heavy atom. The highest BCUT2D eigenvalue weighted by atomic mass is 32.2. The van der Waals surface area contributed by atoms with E-state index < -0.39 is 11.4 Å². The van der Waals surface area contributed by atoms with E-state index in [1.165, 1.54) is 6.42 Å². The molecule has 2 amide bonds. The molecule has 136 valence electrons. The molecule has 3 aliphatic rings. The van der Waals surface area contributed by atoms with Crippen molar-refractivity contribution in [3.05, 3.63) is 0 Å². The summed E-state index contributed by atoms with van der Waals surface area (Å²) >= 11 is 0. The first-order valence-electron chi connectivity index (χ1n) is 8.68. The zero-order valence-electron chi connectivity index (χ0n) is 14.4. The molecule has 7 nitrogen and oxygen atoms in total. The van der Waals surface area contributed by atoms with E-state index in [2.05, 4.69) is 15.1 Å². The van der Waals surface area contributed by atoms with E-state index in [1.54, 1.807) is 0 Å². The molecule has 3 rings (SSSR count). The number of piperidine rings is 1. The van der Waals surface area contributed by atoms with Crippen LogP contribution in [0.5, 0.6) is 0 Å². The van der Waals surface area contributed by atoms with Gasteiger partial charge in [0.05, 0.1) is 6.54 Å². The molecule has 3 fully saturated rings. The summed E-state index contributed by atoms with van der Waals surface area (Å²) in [7, 11) is -0.333. The maximum atomic E-state index is 12.8. The number of nitrogens with one attached hydrogen (secondary N) is 1. The number of hydrogen-bond acceptors (Lipinski definition) is 5. The van der Waals surface area contributed by atoms with Gasteiger partial charge in [0.1, 0.15) is 5.54 Å². The molecule has 24 heavy (non-hydrogen) atoms. The van der Waals surface area contributed by atoms with E-state index in [-0.39, 0.29) is 22.6 Å². The first kappa shape index (κ1) is 17.8. The highest BCUT2D eigenvalue weighted by Crippen LogP contribution is 2.44. The maximum absolute atomic E-state index is 12.8. The average Bonchev–Trinajstić information content (AvgIpc) is 2.83. The second kappa shape index (κ2) is 7.11. The minimum atomic E-state index is -0.838. The number of fused-ring (bicyclic) bond motifs is 2. The fraction of sp³-hybridized carbons (Fsp3) is 0.812. The zero-order chi connectivity index (χ0) is 17.3. The van der Waals surface area contributed by atoms with Crippen LogP contribution in [0.1, 0.15) is 32.1 Å². The number of hydroxylamine groups is 1. The summed E-state index contributed by atoms with van der Waals surface area (Å²) in [4.78, 5) is 29.3. The summed E-state index contributed by atoms with van der Waals surface area (Å²) in [6.07, 6.45) is 7.05. The van der Waals surface area contributed by atoms with Crippen LogP contribution in [0.2, 0.25) is 0 Å². The number of carbonyl (C=O) groups is 2. The molecule has 0 aromatic heterocycles. The van der Waals surface area contributed by atoms with Crippen molar-refractivity contribution < 1.29 is 14.8 Å². The Labute approximate surface area is 146 Å². The minimum absolute atomic E-state index is 0.0959. The van der Waals surface area contributed by atoms with Crippen molar-refractivity contribution in [1.29, 1.82) is 0 Å². The lowest BCUT2D eigenvalue weighted by atomic mass is 9.95. The number of nitrogens with zero attached hydrogens (tertiary/aromatic N) is 3. The average molecular weight is 356 g/mol. The largest absolute Gasteiger partial charge is 0.338 e. The standard InChI is InChI=1S/C16H28N4O3S/c1-24(2)20-13-6-7-16(20,15(22)17-23)12-19(10-13)14(21)11-18-8-4-3-5-9-18/h13,23H,1,3-12H2,2H3,(H,17,22). The normalized spacial score (nSPS) is 32.6. The molecule has 2 bridgehead atoms. The Morgan fingerprint density at radius 1 is 1.33 bits per heavy atom. The van der Waals surface area contributed by atoms with Crippen molar-refractivity contribution in [1.82, 2.24) is 19.6 Å². The van der Waals surface area contributed by atoms with Gasteiger partial charge in [0.25, 0.3) is 5.91 Å². The van der Waals surface area contributed by atoms with E-state index in [1.807, 2.05) is 16.6 Å². The highest BCUT2D eigenvalue weighted by Gasteiger charge is 2.57. The Balaban J connectivity index is 1.74. The predicted molar refractivity (Wildman–Crippen MR) is 95.0 cm³/mol. The first-order valence-corrected chi connectivity index (χ1v) is 10.4. The van der Waals surface area contributed by atoms with Crippen LogP contribution in [-0.4, -0.2) is 87.6 Å². The lowest BCUT2D eigenvalue weighted by Crippen LogP contribution is -2.66. The monoisotopic (exact) mass is 356 g/mol. The summed E-state index contributed by atoms with van der Waals surface area (Å²) in [5, 5.41) is 9.23. The van der Waals surface area contributed by atoms with Crippen LogP contribution in [0, 0.1) is 0 Å². The number of piperazine rings is 1. The minimum Gasteiger partial charge on any atom is -0.338 e. The van der Waals surface area contributed by atoms with E-state index in [4.69, 9.17) is 0 Å². The molecule has 0 radical (unpaired) electrons. The highest BCUT2D eigenvalue weighted by molar-refractivity contribution is 8.11. The lowest BCUT2D eigenvalue weighted by Gasteiger charge is -2.48. The third kappa shape index (κ3) is 3.12. The fourth-order valence-corrected chi connectivity index (χ4v) is 5.98. The maximum Gasteiger partial charge on any atom is 0.266 e. The van der Waals surface area contributed by atoms with Crippen molar-refractivity contribution in [2.24, 2.45) is 0 Å². The Morgan fingerprint density at radius 2 is 2.04 bits per heavy atom. The van der Waals surface area contributed by atoms with Gasteiger partial charge in [0.2, 0.25) is 5.91 Å². The molecular weight excluding hydrogens is 328 g/mol. The van der Waals surface area contributed by atoms with Crippen molar-refractivity contribution in [3.8, 4) is 0 Å². The first-order chi connectivity index (χ1) is 11.5. The Kier molecular flexibility index (Phi) is 5.29. The van der Waals surface area contributed by atoms with Gasteiger partial charge in [-0.05, 0) is 45.0 Å². The van der Waals surface area contributed by atoms with E-state index in [0.717, 1.165) is 32.4 Å². The molecule has 0 spiro atoms. The van der Waals surface area contributed by atoms with Gasteiger partial charge in [-0.25, -0.2) is 9.79 Å². The molecule has 0 saturated carbocycles. The SMILES string of the molecule is C=S(C)N1C2CCC1(C(=O)NO)CN(C(=O)CN1CCCCC1)C2. The number of rotatable bonds is 4. The van der Waals surface area contributed by atoms with Gasteiger partial charge in [-0.15, -0.1) is 10.7 Å². The van der Waals surface area contributed by atoms with Gasteiger partial charge in [-0.1, -0.05) is 12.3 Å². The van der Waals surface area contributed by atoms with Crippen LogP contribution >= 0.6 is 10.7 Å². The molecule has 2 N–H and O–H groups in total. The summed E-state index contributed by atoms with van der Waals surface area (Å²) in [6.45, 7) is 3.39. The summed E-state index contributed by atoms with van der Waals surface area (Å²) in [6, 6.07) is 0.146. The third-order valence-electron chi connectivity index (χ3n) is 5.55. The van der Waals surface area contributed by atoms with Crippen LogP contribution in [0.15, 0.2) is 0 Å². The predicted octanol–water partition coefficient (Wildman–Crippen LogP) is 0.269. The van der Waals surface area contributed by atoms with E-state index >= 15 is 0 Å². The summed E-state index contributed by atoms with van der Waals surface area (Å²) < 4.78 is 2.11. The van der Waals surface area contributed by atoms with Crippen molar-refractivity contribution in [3.63, 3.8) is 0 Å². The lowest BCUT2D eigenvalue weighted by molar-refractivity contribution is -0.146. The molecule has 0 aromatic carbocycles. The third-order valence-corrected chi connectivity index (χ3v) is 6.87. The molecule has 3 unspecified atom stereocenters. The van der Waals surface area contributed by atoms with Crippen molar-refractivity contribution in [2.45, 2.75) is 43.7 Å². The van der Waals surface area contributed by atoms with Crippen molar-refractivity contribution >= 4 is 28.4 Å². The van der Waals surface area contributed by atoms with Gasteiger partial charge < -0.3 is 4.90 Å². The smallest absolute Gasteiger partial charge is 0.266 e. The van der Waals surface area contributed by atoms with Gasteiger partial charge in [0, 0.05) is 19.1 Å². The molecule has 3 heterocycles. The van der Waals surface area contributed by atoms with Crippen LogP contribution in [0.25, 0.3) is 0 Å². The number of likely N-dealkylation sites (tertiary alicyclic amines) is 2. The Hall–Kier alpha value is -0.960. The van der Waals surface area contributed by atoms with Gasteiger partial charge in [-0.2, -0.15) is 0 Å². The van der Waals surface area contributed by atoms with Crippen LogP contribution in [0.4, 0.5) is 0 Å². The number of amides is 2. The number of carbonyl (C=O) groups excluding carboxylic acids is 2. The zero-order valence-corrected chi connectivity index (χ0v) is 15.2. The molecule has 8 heteroatoms. The van der Waals surface area contributed by atoms with Crippen LogP contribution in [0.3, 0.4) is 0 Å². The molecule has 3 saturated heterocycles. The quantitative estimate of drug-likeness (QED) is 0.430. The number of hydrogen-bond donors (Lipinski definition) is 2. The second-order valence-corrected chi connectivity index (χ2v) is 8.80. The summed E-state index contributed by atoms with van der Waals surface area (Å²) in [5.41, 5.74) is 0.988. The molecular formula is C16H28N4O3S. The molecule has 0 aliphatic carbocycles. The Bertz CT molecular complexity index is 537. The van der Waals surface area contributed by atoms with E-state index in [0.29, 0.717) is 26.1 Å². The fourth-order valence-electron chi connectivity index (χ4n) is 4.47. The van der Waals surface area contributed by atoms with E-state index in [9.17, 15) is 14.8 Å². The van der Waals surface area contributed by atoms with Crippen LogP contribution in [-0.2, 0) is 9.59 Å². The summed E-state index contributed by atoms with van der Waals surface area (Å²) in [5.74, 6) is 3.79. The second-order valence-electron chi connectivity index (χ2n) is 7.20. The van der Waals surface area contributed by atoms with Crippen LogP contribution < -0.4 is 5.48 Å². The molecule has 3 atom stereocenters. The topological polar surface area (TPSA) is 76.1 Å².